The smallest absolute Gasteiger partial charge is 0.279 e. The van der Waals surface area contributed by atoms with Crippen LogP contribution in [0.2, 0.25) is 0 Å². The molecule has 0 atom stereocenters. The first-order chi connectivity index (χ1) is 14.4. The van der Waals surface area contributed by atoms with Gasteiger partial charge in [0, 0.05) is 10.3 Å². The lowest BCUT2D eigenvalue weighted by Gasteiger charge is -2.40. The highest BCUT2D eigenvalue weighted by Crippen LogP contribution is 2.45. The molecule has 8 heteroatoms. The maximum atomic E-state index is 10.7. The number of alkyl halides is 3. The van der Waals surface area contributed by atoms with Crippen molar-refractivity contribution in [3.8, 4) is 0 Å². The summed E-state index contributed by atoms with van der Waals surface area (Å²) in [5, 5.41) is 0. The summed E-state index contributed by atoms with van der Waals surface area (Å²) in [5.74, 6) is 0.415. The van der Waals surface area contributed by atoms with Crippen molar-refractivity contribution in [2.45, 2.75) is 29.7 Å². The molecule has 0 aliphatic rings. The topological polar surface area (TPSA) is 54.4 Å². The molecular weight excluding hydrogens is 445 g/mol. The Morgan fingerprint density at radius 3 is 1.35 bits per heavy atom. The highest BCUT2D eigenvalue weighted by atomic mass is 32.2. The third kappa shape index (κ3) is 5.70. The van der Waals surface area contributed by atoms with Crippen LogP contribution in [0.3, 0.4) is 0 Å². The summed E-state index contributed by atoms with van der Waals surface area (Å²) >= 11 is 4.45. The average molecular weight is 469 g/mol. The molecular formula is C23H23F3O3S2. The van der Waals surface area contributed by atoms with Gasteiger partial charge in [-0.05, 0) is 34.7 Å². The molecule has 3 nitrogen and oxygen atoms in total. The summed E-state index contributed by atoms with van der Waals surface area (Å²) in [7, 11) is -5.84. The number of hydrogen-bond acceptors (Lipinski definition) is 3. The van der Waals surface area contributed by atoms with Gasteiger partial charge in [0.1, 0.15) is 0 Å². The van der Waals surface area contributed by atoms with Gasteiger partial charge in [0.15, 0.2) is 0 Å². The van der Waals surface area contributed by atoms with Crippen molar-refractivity contribution in [2.24, 2.45) is 5.92 Å². The van der Waals surface area contributed by atoms with Gasteiger partial charge in [0.25, 0.3) is 0 Å². The van der Waals surface area contributed by atoms with E-state index in [1.54, 1.807) is 0 Å². The Morgan fingerprint density at radius 2 is 1.06 bits per heavy atom. The van der Waals surface area contributed by atoms with E-state index < -0.39 is 15.6 Å². The lowest BCUT2D eigenvalue weighted by Crippen LogP contribution is -2.35. The normalized spacial score (nSPS) is 12.3. The molecule has 0 heterocycles. The lowest BCUT2D eigenvalue weighted by atomic mass is 9.63. The standard InChI is InChI=1S/C22H22S.CHF3O3S/c1-17(2)22(18-9-5-3-6-10-18,19-11-7-4-8-12-19)20-13-15-21(23)16-14-20;2-1(3,4)8(5,6)7/h3-17,23H,1-2H3;(H,5,6,7). The van der Waals surface area contributed by atoms with E-state index in [-0.39, 0.29) is 5.41 Å². The summed E-state index contributed by atoms with van der Waals surface area (Å²) in [6.07, 6.45) is 0. The SMILES string of the molecule is CC(C)C(c1ccccc1)(c1ccccc1)c1ccc(S)cc1.O=S(=O)(O)C(F)(F)F. The van der Waals surface area contributed by atoms with Crippen LogP contribution in [-0.2, 0) is 15.5 Å². The largest absolute Gasteiger partial charge is 0.522 e. The minimum Gasteiger partial charge on any atom is -0.279 e. The Labute approximate surface area is 186 Å². The molecule has 0 unspecified atom stereocenters. The van der Waals surface area contributed by atoms with Crippen LogP contribution >= 0.6 is 12.6 Å². The van der Waals surface area contributed by atoms with Gasteiger partial charge in [-0.15, -0.1) is 12.6 Å². The maximum Gasteiger partial charge on any atom is 0.522 e. The molecule has 1 N–H and O–H groups in total. The molecule has 0 amide bonds. The maximum absolute atomic E-state index is 10.7. The summed E-state index contributed by atoms with van der Waals surface area (Å²) in [6, 6.07) is 30.2. The van der Waals surface area contributed by atoms with Crippen LogP contribution in [0.4, 0.5) is 13.2 Å². The van der Waals surface area contributed by atoms with Crippen LogP contribution in [-0.4, -0.2) is 18.5 Å². The number of benzene rings is 3. The Kier molecular flexibility index (Phi) is 7.97. The van der Waals surface area contributed by atoms with Gasteiger partial charge in [-0.1, -0.05) is 86.6 Å². The average Bonchev–Trinajstić information content (AvgIpc) is 2.70. The van der Waals surface area contributed by atoms with E-state index in [9.17, 15) is 13.2 Å². The fourth-order valence-electron chi connectivity index (χ4n) is 3.63. The second-order valence-electron chi connectivity index (χ2n) is 7.16. The van der Waals surface area contributed by atoms with E-state index in [0.29, 0.717) is 5.92 Å². The number of thiol groups is 1. The first-order valence-corrected chi connectivity index (χ1v) is 11.2. The van der Waals surface area contributed by atoms with Crippen molar-refractivity contribution < 1.29 is 26.1 Å². The first kappa shape index (κ1) is 25.0. The summed E-state index contributed by atoms with van der Waals surface area (Å²) in [6.45, 7) is 4.60. The molecule has 0 aromatic heterocycles. The molecule has 3 rings (SSSR count). The summed E-state index contributed by atoms with van der Waals surface area (Å²) in [4.78, 5) is 0.993. The van der Waals surface area contributed by atoms with E-state index >= 15 is 0 Å². The second-order valence-corrected chi connectivity index (χ2v) is 9.09. The minimum atomic E-state index is -5.84. The Bertz CT molecular complexity index is 1030. The molecule has 31 heavy (non-hydrogen) atoms. The van der Waals surface area contributed by atoms with Crippen molar-refractivity contribution in [3.63, 3.8) is 0 Å². The van der Waals surface area contributed by atoms with Gasteiger partial charge in [-0.2, -0.15) is 21.6 Å². The number of halogens is 3. The molecule has 0 aliphatic carbocycles. The third-order valence-electron chi connectivity index (χ3n) is 4.94. The van der Waals surface area contributed by atoms with Gasteiger partial charge >= 0.3 is 15.6 Å². The van der Waals surface area contributed by atoms with Crippen LogP contribution in [0, 0.1) is 5.92 Å². The van der Waals surface area contributed by atoms with Crippen LogP contribution in [0.15, 0.2) is 89.8 Å². The second kappa shape index (κ2) is 9.89. The van der Waals surface area contributed by atoms with Gasteiger partial charge < -0.3 is 0 Å². The Hall–Kier alpha value is -2.29. The molecule has 0 fully saturated rings. The van der Waals surface area contributed by atoms with E-state index in [0.717, 1.165) is 4.90 Å². The van der Waals surface area contributed by atoms with Crippen LogP contribution in [0.25, 0.3) is 0 Å². The summed E-state index contributed by atoms with van der Waals surface area (Å²) < 4.78 is 57.5. The molecule has 166 valence electrons. The Morgan fingerprint density at radius 1 is 0.742 bits per heavy atom. The van der Waals surface area contributed by atoms with E-state index in [1.165, 1.54) is 16.7 Å². The van der Waals surface area contributed by atoms with Crippen molar-refractivity contribution in [1.82, 2.24) is 0 Å². The fourth-order valence-corrected chi connectivity index (χ4v) is 3.78. The number of rotatable bonds is 4. The van der Waals surface area contributed by atoms with E-state index in [4.69, 9.17) is 13.0 Å². The molecule has 0 saturated heterocycles. The van der Waals surface area contributed by atoms with Crippen LogP contribution in [0.5, 0.6) is 0 Å². The van der Waals surface area contributed by atoms with Crippen LogP contribution < -0.4 is 0 Å². The predicted molar refractivity (Wildman–Crippen MR) is 119 cm³/mol. The highest BCUT2D eigenvalue weighted by Gasteiger charge is 2.44. The zero-order valence-electron chi connectivity index (χ0n) is 16.9. The minimum absolute atomic E-state index is 0.163. The predicted octanol–water partition coefficient (Wildman–Crippen LogP) is 6.36. The van der Waals surface area contributed by atoms with Crippen molar-refractivity contribution in [2.75, 3.05) is 0 Å². The molecule has 0 aliphatic heterocycles. The van der Waals surface area contributed by atoms with E-state index in [1.807, 2.05) is 0 Å². The van der Waals surface area contributed by atoms with Crippen molar-refractivity contribution in [1.29, 1.82) is 0 Å². The first-order valence-electron chi connectivity index (χ1n) is 9.35. The lowest BCUT2D eigenvalue weighted by molar-refractivity contribution is -0.0510. The molecule has 0 radical (unpaired) electrons. The molecule has 0 bridgehead atoms. The molecule has 3 aromatic carbocycles. The molecule has 0 saturated carbocycles. The monoisotopic (exact) mass is 468 g/mol. The number of hydrogen-bond donors (Lipinski definition) is 2. The highest BCUT2D eigenvalue weighted by molar-refractivity contribution is 7.86. The van der Waals surface area contributed by atoms with Gasteiger partial charge in [0.05, 0.1) is 0 Å². The zero-order valence-corrected chi connectivity index (χ0v) is 18.6. The fraction of sp³-hybridized carbons (Fsp3) is 0.217. The van der Waals surface area contributed by atoms with Gasteiger partial charge in [-0.25, -0.2) is 0 Å². The van der Waals surface area contributed by atoms with Crippen molar-refractivity contribution >= 4 is 22.7 Å². The van der Waals surface area contributed by atoms with Gasteiger partial charge in [-0.3, -0.25) is 4.55 Å². The van der Waals surface area contributed by atoms with E-state index in [2.05, 4.69) is 111 Å². The molecule has 3 aromatic rings. The summed E-state index contributed by atoms with van der Waals surface area (Å²) in [5.41, 5.74) is -1.74. The van der Waals surface area contributed by atoms with Crippen molar-refractivity contribution in [3.05, 3.63) is 102 Å². The third-order valence-corrected chi connectivity index (χ3v) is 5.82. The molecule has 0 spiro atoms. The zero-order chi connectivity index (χ0) is 23.3. The quantitative estimate of drug-likeness (QED) is 0.203. The Balaban J connectivity index is 0.000000366. The van der Waals surface area contributed by atoms with Crippen LogP contribution in [0.1, 0.15) is 30.5 Å². The van der Waals surface area contributed by atoms with Gasteiger partial charge in [0.2, 0.25) is 0 Å².